The van der Waals surface area contributed by atoms with E-state index < -0.39 is 30.1 Å². The average molecular weight is 851 g/mol. The fraction of sp³-hybridized carbons (Fsp3) is 0.565. The first-order valence-electron chi connectivity index (χ1n) is 21.4. The van der Waals surface area contributed by atoms with E-state index in [9.17, 15) is 15.0 Å². The number of aliphatic hydroxyl groups is 2. The molecule has 0 radical (unpaired) electrons. The van der Waals surface area contributed by atoms with E-state index in [1.165, 1.54) is 0 Å². The summed E-state index contributed by atoms with van der Waals surface area (Å²) in [7, 11) is 0. The molecule has 1 unspecified atom stereocenters. The predicted molar refractivity (Wildman–Crippen MR) is 226 cm³/mol. The molecule has 0 spiro atoms. The molecule has 7 atom stereocenters. The number of hydrogen-bond acceptors (Lipinski definition) is 12. The van der Waals surface area contributed by atoms with Gasteiger partial charge in [-0.15, -0.1) is 18.2 Å². The molecule has 7 rings (SSSR count). The molecule has 13 nitrogen and oxygen atoms in total. The van der Waals surface area contributed by atoms with Crippen LogP contribution in [0.1, 0.15) is 81.3 Å². The highest BCUT2D eigenvalue weighted by Gasteiger charge is 2.65. The van der Waals surface area contributed by atoms with E-state index in [0.29, 0.717) is 61.2 Å². The van der Waals surface area contributed by atoms with Crippen LogP contribution in [0.5, 0.6) is 23.0 Å². The SMILES string of the molecule is C=CCOc1ccc2c(c1)[C@H]1[C@H](CCCCO)[C@@H](CCCCO)C=C3C(=NOC4CCCCO4)C[C@H](N(Cc4ccc5c(c4)OCO5)C(=O)OCCCl)[C@@](OCC=C)(O2)[C@H]31. The van der Waals surface area contributed by atoms with Crippen LogP contribution in [0.4, 0.5) is 4.79 Å². The summed E-state index contributed by atoms with van der Waals surface area (Å²) < 4.78 is 43.7. The van der Waals surface area contributed by atoms with Crippen molar-refractivity contribution in [2.45, 2.75) is 94.8 Å². The minimum atomic E-state index is -1.48. The second-order valence-corrected chi connectivity index (χ2v) is 16.3. The number of fused-ring (bicyclic) bond motifs is 3. The summed E-state index contributed by atoms with van der Waals surface area (Å²) in [6.45, 7) is 9.30. The minimum Gasteiger partial charge on any atom is -0.490 e. The van der Waals surface area contributed by atoms with Crippen molar-refractivity contribution in [3.8, 4) is 23.0 Å². The molecule has 5 aliphatic rings. The molecule has 2 fully saturated rings. The number of allylic oxidation sites excluding steroid dienone is 1. The first kappa shape index (κ1) is 43.8. The number of nitrogens with zero attached hydrogens (tertiary/aromatic N) is 2. The van der Waals surface area contributed by atoms with Gasteiger partial charge >= 0.3 is 6.09 Å². The highest BCUT2D eigenvalue weighted by atomic mass is 35.5. The molecular formula is C46H59ClN2O11. The van der Waals surface area contributed by atoms with Crippen LogP contribution in [0.15, 0.2) is 78.5 Å². The van der Waals surface area contributed by atoms with Crippen LogP contribution in [0.2, 0.25) is 0 Å². The van der Waals surface area contributed by atoms with Crippen LogP contribution < -0.4 is 18.9 Å². The highest BCUT2D eigenvalue weighted by molar-refractivity contribution is 6.18. The van der Waals surface area contributed by atoms with Gasteiger partial charge in [-0.2, -0.15) is 0 Å². The molecule has 3 heterocycles. The van der Waals surface area contributed by atoms with Gasteiger partial charge in [0.15, 0.2) is 11.5 Å². The van der Waals surface area contributed by atoms with Crippen LogP contribution in [0, 0.1) is 17.8 Å². The number of carbonyl (C=O) groups excluding carboxylic acids is 1. The van der Waals surface area contributed by atoms with Crippen LogP contribution >= 0.6 is 11.6 Å². The van der Waals surface area contributed by atoms with E-state index in [2.05, 4.69) is 25.3 Å². The lowest BCUT2D eigenvalue weighted by atomic mass is 9.55. The van der Waals surface area contributed by atoms with Gasteiger partial charge in [0.25, 0.3) is 0 Å². The third-order valence-corrected chi connectivity index (χ3v) is 12.3. The molecule has 2 aliphatic carbocycles. The number of carbonyl (C=O) groups is 1. The highest BCUT2D eigenvalue weighted by Crippen LogP contribution is 2.62. The van der Waals surface area contributed by atoms with Crippen molar-refractivity contribution >= 4 is 23.4 Å². The zero-order valence-corrected chi connectivity index (χ0v) is 35.1. The summed E-state index contributed by atoms with van der Waals surface area (Å²) in [6.07, 6.45) is 12.0. The Balaban J connectivity index is 1.44. The number of aliphatic hydroxyl groups excluding tert-OH is 2. The first-order chi connectivity index (χ1) is 29.4. The Morgan fingerprint density at radius 3 is 2.55 bits per heavy atom. The van der Waals surface area contributed by atoms with Crippen LogP contribution in [-0.4, -0.2) is 97.4 Å². The summed E-state index contributed by atoms with van der Waals surface area (Å²) in [4.78, 5) is 22.5. The first-order valence-corrected chi connectivity index (χ1v) is 22.0. The molecule has 2 aromatic rings. The average Bonchev–Trinajstić information content (AvgIpc) is 3.75. The number of unbranched alkanes of at least 4 members (excludes halogenated alkanes) is 2. The smallest absolute Gasteiger partial charge is 0.410 e. The lowest BCUT2D eigenvalue weighted by molar-refractivity contribution is -0.256. The van der Waals surface area contributed by atoms with E-state index >= 15 is 0 Å². The van der Waals surface area contributed by atoms with Crippen LogP contribution in [-0.2, 0) is 25.6 Å². The molecule has 14 heteroatoms. The Kier molecular flexibility index (Phi) is 15.3. The Labute approximate surface area is 357 Å². The van der Waals surface area contributed by atoms with Crippen LogP contribution in [0.25, 0.3) is 0 Å². The van der Waals surface area contributed by atoms with Crippen molar-refractivity contribution in [3.05, 3.63) is 84.5 Å². The summed E-state index contributed by atoms with van der Waals surface area (Å²) in [5.41, 5.74) is 3.31. The number of benzene rings is 2. The third kappa shape index (κ3) is 9.60. The quantitative estimate of drug-likeness (QED) is 0.0545. The van der Waals surface area contributed by atoms with Crippen molar-refractivity contribution in [1.29, 1.82) is 0 Å². The van der Waals surface area contributed by atoms with Gasteiger partial charge in [0.2, 0.25) is 18.9 Å². The Morgan fingerprint density at radius 1 is 0.983 bits per heavy atom. The fourth-order valence-corrected chi connectivity index (χ4v) is 9.63. The minimum absolute atomic E-state index is 0.00876. The molecule has 0 bridgehead atoms. The molecule has 2 N–H and O–H groups in total. The van der Waals surface area contributed by atoms with Crippen molar-refractivity contribution < 1.29 is 53.0 Å². The molecule has 60 heavy (non-hydrogen) atoms. The van der Waals surface area contributed by atoms with Gasteiger partial charge in [-0.05, 0) is 91.8 Å². The Morgan fingerprint density at radius 2 is 1.78 bits per heavy atom. The second-order valence-electron chi connectivity index (χ2n) is 15.9. The topological polar surface area (TPSA) is 147 Å². The van der Waals surface area contributed by atoms with Crippen molar-refractivity contribution in [2.24, 2.45) is 22.9 Å². The van der Waals surface area contributed by atoms with E-state index in [-0.39, 0.29) is 69.8 Å². The number of ether oxygens (including phenoxy) is 7. The van der Waals surface area contributed by atoms with Gasteiger partial charge in [-0.1, -0.05) is 48.9 Å². The number of amides is 1. The number of oxime groups is 1. The molecule has 1 amide bonds. The molecule has 3 aliphatic heterocycles. The summed E-state index contributed by atoms with van der Waals surface area (Å²) in [6, 6.07) is 10.6. The normalized spacial score (nSPS) is 26.9. The molecule has 1 saturated carbocycles. The molecular weight excluding hydrogens is 792 g/mol. The Hall–Kier alpha value is -4.27. The van der Waals surface area contributed by atoms with E-state index in [1.54, 1.807) is 17.1 Å². The zero-order chi connectivity index (χ0) is 41.9. The van der Waals surface area contributed by atoms with Gasteiger partial charge in [-0.25, -0.2) is 4.79 Å². The summed E-state index contributed by atoms with van der Waals surface area (Å²) >= 11 is 6.11. The largest absolute Gasteiger partial charge is 0.490 e. The van der Waals surface area contributed by atoms with Gasteiger partial charge in [-0.3, -0.25) is 4.90 Å². The van der Waals surface area contributed by atoms with Gasteiger partial charge < -0.3 is 48.2 Å². The summed E-state index contributed by atoms with van der Waals surface area (Å²) in [5, 5.41) is 24.8. The van der Waals surface area contributed by atoms with E-state index in [1.807, 2.05) is 30.3 Å². The zero-order valence-electron chi connectivity index (χ0n) is 34.4. The van der Waals surface area contributed by atoms with Crippen molar-refractivity contribution in [2.75, 3.05) is 52.3 Å². The number of hydrogen-bond donors (Lipinski definition) is 2. The van der Waals surface area contributed by atoms with E-state index in [0.717, 1.165) is 55.2 Å². The molecule has 0 aromatic heterocycles. The van der Waals surface area contributed by atoms with E-state index in [4.69, 9.17) is 54.8 Å². The number of alkyl halides is 1. The number of rotatable bonds is 21. The summed E-state index contributed by atoms with van der Waals surface area (Å²) in [5.74, 6) is 0.491. The van der Waals surface area contributed by atoms with Crippen molar-refractivity contribution in [1.82, 2.24) is 4.90 Å². The Bertz CT molecular complexity index is 1850. The van der Waals surface area contributed by atoms with Crippen molar-refractivity contribution in [3.63, 3.8) is 0 Å². The third-order valence-electron chi connectivity index (χ3n) is 12.1. The molecule has 2 aromatic carbocycles. The number of halogens is 1. The lowest BCUT2D eigenvalue weighted by Crippen LogP contribution is -2.70. The molecule has 1 saturated heterocycles. The maximum atomic E-state index is 14.6. The second kappa shape index (κ2) is 21.0. The lowest BCUT2D eigenvalue weighted by Gasteiger charge is -2.59. The van der Waals surface area contributed by atoms with Gasteiger partial charge in [0.1, 0.15) is 30.8 Å². The molecule has 326 valence electrons. The fourth-order valence-electron chi connectivity index (χ4n) is 9.56. The maximum absolute atomic E-state index is 14.6. The standard InChI is InChI=1S/C46H59ClN2O11/c1-3-21-53-33-15-17-38-36(27-33)43-34(12-6-9-20-51)32(11-5-8-19-50)26-35-37(48-60-42-13-7-10-23-54-42)28-41(46(59-38,44(35)43)58-22-4-2)49(45(52)55-24-18-47)29-31-14-16-39-40(25-31)57-30-56-39/h3-4,14-17,25-27,32,34,41-44,50-51H,1-2,5-13,18-24,28-30H2/t32-,34+,41-,42?,43+,44+,46+/m0/s1. The van der Waals surface area contributed by atoms with Crippen LogP contribution in [0.3, 0.4) is 0 Å². The van der Waals surface area contributed by atoms with Gasteiger partial charge in [0, 0.05) is 44.1 Å². The van der Waals surface area contributed by atoms with Gasteiger partial charge in [0.05, 0.1) is 30.7 Å². The predicted octanol–water partition coefficient (Wildman–Crippen LogP) is 8.02. The monoisotopic (exact) mass is 850 g/mol. The maximum Gasteiger partial charge on any atom is 0.410 e.